The van der Waals surface area contributed by atoms with Crippen molar-refractivity contribution in [2.75, 3.05) is 19.8 Å². The number of rotatable bonds is 18. The minimum atomic E-state index is -0.457. The van der Waals surface area contributed by atoms with E-state index in [1.54, 1.807) is 60.8 Å². The zero-order valence-corrected chi connectivity index (χ0v) is 23.4. The Balaban J connectivity index is 1.44. The summed E-state index contributed by atoms with van der Waals surface area (Å²) in [6, 6.07) is 18.9. The molecule has 0 aliphatic carbocycles. The number of unbranched alkanes of at least 4 members (excludes halogenated alkanes) is 7. The van der Waals surface area contributed by atoms with Crippen LogP contribution in [-0.4, -0.2) is 42.2 Å². The number of phenolic OH excluding ortho intramolecular Hbond substituents is 1. The number of aliphatic hydroxyl groups is 1. The van der Waals surface area contributed by atoms with E-state index >= 15 is 0 Å². The molecule has 0 radical (unpaired) electrons. The summed E-state index contributed by atoms with van der Waals surface area (Å²) in [5.74, 6) is 1.43. The fourth-order valence-electron chi connectivity index (χ4n) is 3.97. The van der Waals surface area contributed by atoms with E-state index in [2.05, 4.69) is 11.9 Å². The molecule has 0 saturated heterocycles. The lowest BCUT2D eigenvalue weighted by molar-refractivity contribution is 0.0734. The lowest BCUT2D eigenvalue weighted by Crippen LogP contribution is -2.08. The predicted octanol–water partition coefficient (Wildman–Crippen LogP) is 7.64. The first kappa shape index (κ1) is 30.7. The lowest BCUT2D eigenvalue weighted by Gasteiger charge is -2.08. The zero-order chi connectivity index (χ0) is 28.4. The molecule has 7 nitrogen and oxygen atoms in total. The van der Waals surface area contributed by atoms with Crippen molar-refractivity contribution in [1.29, 1.82) is 0 Å². The molecule has 3 aromatic carbocycles. The molecule has 0 fully saturated rings. The number of nitrogens with zero attached hydrogens (tertiary/aromatic N) is 1. The molecule has 0 atom stereocenters. The Morgan fingerprint density at radius 2 is 1.35 bits per heavy atom. The second kappa shape index (κ2) is 17.7. The second-order valence-corrected chi connectivity index (χ2v) is 9.64. The molecule has 0 saturated carbocycles. The normalized spacial score (nSPS) is 11.1. The Labute approximate surface area is 237 Å². The van der Waals surface area contributed by atoms with Gasteiger partial charge in [-0.25, -0.2) is 4.79 Å². The maximum atomic E-state index is 12.6. The van der Waals surface area contributed by atoms with Crippen LogP contribution in [0.25, 0.3) is 0 Å². The van der Waals surface area contributed by atoms with E-state index in [1.807, 2.05) is 12.1 Å². The number of benzene rings is 3. The van der Waals surface area contributed by atoms with E-state index in [9.17, 15) is 9.90 Å². The van der Waals surface area contributed by atoms with Gasteiger partial charge in [0.05, 0.1) is 24.5 Å². The number of phenols is 1. The van der Waals surface area contributed by atoms with Crippen LogP contribution in [0.5, 0.6) is 23.0 Å². The van der Waals surface area contributed by atoms with E-state index in [1.165, 1.54) is 25.7 Å². The fourth-order valence-corrected chi connectivity index (χ4v) is 3.97. The molecule has 0 aliphatic heterocycles. The molecule has 0 aliphatic rings. The summed E-state index contributed by atoms with van der Waals surface area (Å²) >= 11 is 0. The van der Waals surface area contributed by atoms with Crippen LogP contribution in [-0.2, 0) is 0 Å². The van der Waals surface area contributed by atoms with Gasteiger partial charge in [-0.15, -0.1) is 0 Å². The summed E-state index contributed by atoms with van der Waals surface area (Å²) < 4.78 is 16.9. The molecule has 0 unspecified atom stereocenters. The highest BCUT2D eigenvalue weighted by Gasteiger charge is 2.09. The lowest BCUT2D eigenvalue weighted by atomic mass is 10.2. The van der Waals surface area contributed by atoms with Crippen molar-refractivity contribution in [3.05, 3.63) is 77.9 Å². The summed E-state index contributed by atoms with van der Waals surface area (Å²) in [4.78, 5) is 17.0. The van der Waals surface area contributed by atoms with Crippen LogP contribution < -0.4 is 14.2 Å². The maximum absolute atomic E-state index is 12.6. The third kappa shape index (κ3) is 11.1. The van der Waals surface area contributed by atoms with Gasteiger partial charge in [0, 0.05) is 24.5 Å². The number of aromatic hydroxyl groups is 1. The van der Waals surface area contributed by atoms with Crippen LogP contribution >= 0.6 is 0 Å². The number of aliphatic hydroxyl groups excluding tert-OH is 1. The molecule has 3 aromatic rings. The fraction of sp³-hybridized carbons (Fsp3) is 0.394. The molecular weight excluding hydrogens is 506 g/mol. The first-order valence-corrected chi connectivity index (χ1v) is 14.2. The van der Waals surface area contributed by atoms with Gasteiger partial charge in [-0.05, 0) is 86.3 Å². The van der Waals surface area contributed by atoms with Crippen molar-refractivity contribution in [1.82, 2.24) is 0 Å². The van der Waals surface area contributed by atoms with Crippen LogP contribution in [0.15, 0.2) is 71.7 Å². The molecule has 0 heterocycles. The average Bonchev–Trinajstić information content (AvgIpc) is 2.97. The molecule has 3 rings (SSSR count). The average molecular weight is 548 g/mol. The summed E-state index contributed by atoms with van der Waals surface area (Å²) in [7, 11) is 0. The number of esters is 1. The van der Waals surface area contributed by atoms with Gasteiger partial charge < -0.3 is 24.4 Å². The molecule has 2 N–H and O–H groups in total. The van der Waals surface area contributed by atoms with Crippen molar-refractivity contribution in [3.63, 3.8) is 0 Å². The quantitative estimate of drug-likeness (QED) is 0.0735. The van der Waals surface area contributed by atoms with Crippen molar-refractivity contribution in [2.24, 2.45) is 4.99 Å². The molecule has 0 spiro atoms. The largest absolute Gasteiger partial charge is 0.507 e. The molecule has 214 valence electrons. The van der Waals surface area contributed by atoms with Gasteiger partial charge in [-0.3, -0.25) is 4.99 Å². The van der Waals surface area contributed by atoms with Crippen molar-refractivity contribution < 1.29 is 29.2 Å². The number of carbonyl (C=O) groups is 1. The number of aliphatic imine (C=N–C) groups is 1. The van der Waals surface area contributed by atoms with Gasteiger partial charge in [0.15, 0.2) is 0 Å². The Hall–Kier alpha value is -3.84. The van der Waals surface area contributed by atoms with Gasteiger partial charge in [-0.2, -0.15) is 0 Å². The SMILES string of the molecule is CCCCCCCOc1ccc(OC(=O)c2ccc(N=Cc3ccc(OCCCCCCO)cc3O)cc2)cc1. The minimum Gasteiger partial charge on any atom is -0.507 e. The van der Waals surface area contributed by atoms with Gasteiger partial charge in [0.2, 0.25) is 0 Å². The van der Waals surface area contributed by atoms with E-state index in [-0.39, 0.29) is 12.4 Å². The molecule has 40 heavy (non-hydrogen) atoms. The van der Waals surface area contributed by atoms with E-state index in [0.717, 1.165) is 37.9 Å². The van der Waals surface area contributed by atoms with Crippen LogP contribution in [0, 0.1) is 0 Å². The van der Waals surface area contributed by atoms with Crippen LogP contribution in [0.2, 0.25) is 0 Å². The van der Waals surface area contributed by atoms with E-state index in [4.69, 9.17) is 19.3 Å². The highest BCUT2D eigenvalue weighted by Crippen LogP contribution is 2.24. The van der Waals surface area contributed by atoms with Crippen LogP contribution in [0.3, 0.4) is 0 Å². The topological polar surface area (TPSA) is 97.6 Å². The highest BCUT2D eigenvalue weighted by atomic mass is 16.5. The Bertz CT molecular complexity index is 1170. The summed E-state index contributed by atoms with van der Waals surface area (Å²) in [6.45, 7) is 3.67. The van der Waals surface area contributed by atoms with Gasteiger partial charge in [-0.1, -0.05) is 39.0 Å². The first-order chi connectivity index (χ1) is 19.6. The molecule has 0 amide bonds. The molecule has 7 heteroatoms. The summed E-state index contributed by atoms with van der Waals surface area (Å²) in [5, 5.41) is 19.1. The van der Waals surface area contributed by atoms with Crippen molar-refractivity contribution >= 4 is 17.9 Å². The molecule has 0 bridgehead atoms. The van der Waals surface area contributed by atoms with Crippen LogP contribution in [0.1, 0.15) is 80.6 Å². The number of hydrogen-bond donors (Lipinski definition) is 2. The number of carbonyl (C=O) groups excluding carboxylic acids is 1. The zero-order valence-electron chi connectivity index (χ0n) is 23.4. The molecule has 0 aromatic heterocycles. The van der Waals surface area contributed by atoms with Crippen LogP contribution in [0.4, 0.5) is 5.69 Å². The third-order valence-corrected chi connectivity index (χ3v) is 6.33. The standard InChI is InChI=1S/C33H41NO6/c1-2-3-4-6-9-22-38-29-17-19-30(20-18-29)40-33(37)26-11-14-28(15-12-26)34-25-27-13-16-31(24-32(27)36)39-23-10-7-5-8-21-35/h11-20,24-25,35-36H,2-10,21-23H2,1H3. The smallest absolute Gasteiger partial charge is 0.343 e. The highest BCUT2D eigenvalue weighted by molar-refractivity contribution is 5.91. The van der Waals surface area contributed by atoms with Crippen molar-refractivity contribution in [2.45, 2.75) is 64.7 Å². The second-order valence-electron chi connectivity index (χ2n) is 9.64. The minimum absolute atomic E-state index is 0.0742. The number of hydrogen-bond acceptors (Lipinski definition) is 7. The Kier molecular flexibility index (Phi) is 13.6. The van der Waals surface area contributed by atoms with E-state index in [0.29, 0.717) is 41.5 Å². The predicted molar refractivity (Wildman–Crippen MR) is 159 cm³/mol. The molecular formula is C33H41NO6. The Morgan fingerprint density at radius 3 is 2.00 bits per heavy atom. The summed E-state index contributed by atoms with van der Waals surface area (Å²) in [5.41, 5.74) is 1.60. The van der Waals surface area contributed by atoms with Gasteiger partial charge >= 0.3 is 5.97 Å². The maximum Gasteiger partial charge on any atom is 0.343 e. The third-order valence-electron chi connectivity index (χ3n) is 6.33. The van der Waals surface area contributed by atoms with E-state index < -0.39 is 5.97 Å². The summed E-state index contributed by atoms with van der Waals surface area (Å²) in [6.07, 6.45) is 11.2. The first-order valence-electron chi connectivity index (χ1n) is 14.2. The number of ether oxygens (including phenoxy) is 3. The van der Waals surface area contributed by atoms with Crippen molar-refractivity contribution in [3.8, 4) is 23.0 Å². The monoisotopic (exact) mass is 547 g/mol. The van der Waals surface area contributed by atoms with Gasteiger partial charge in [0.25, 0.3) is 0 Å². The Morgan fingerprint density at radius 1 is 0.750 bits per heavy atom. The van der Waals surface area contributed by atoms with Gasteiger partial charge in [0.1, 0.15) is 23.0 Å².